The Hall–Kier alpha value is -1.02. The number of rotatable bonds is 2. The van der Waals surface area contributed by atoms with Gasteiger partial charge in [-0.1, -0.05) is 31.2 Å². The van der Waals surface area contributed by atoms with E-state index in [9.17, 15) is 9.90 Å². The minimum Gasteiger partial charge on any atom is -0.481 e. The molecule has 1 aromatic carbocycles. The van der Waals surface area contributed by atoms with Crippen LogP contribution in [-0.4, -0.2) is 11.1 Å². The van der Waals surface area contributed by atoms with Crippen LogP contribution in [0, 0.1) is 5.41 Å². The van der Waals surface area contributed by atoms with Crippen molar-refractivity contribution < 1.29 is 9.90 Å². The summed E-state index contributed by atoms with van der Waals surface area (Å²) in [5, 5.41) is 9.24. The quantitative estimate of drug-likeness (QED) is 0.842. The highest BCUT2D eigenvalue weighted by Gasteiger charge is 2.42. The van der Waals surface area contributed by atoms with Gasteiger partial charge < -0.3 is 5.11 Å². The summed E-state index contributed by atoms with van der Waals surface area (Å²) in [6, 6.07) is 8.03. The molecule has 82 valence electrons. The lowest BCUT2D eigenvalue weighted by Gasteiger charge is -2.21. The van der Waals surface area contributed by atoms with Gasteiger partial charge in [-0.2, -0.15) is 0 Å². The van der Waals surface area contributed by atoms with E-state index in [4.69, 9.17) is 0 Å². The van der Waals surface area contributed by atoms with E-state index in [1.807, 2.05) is 31.2 Å². The van der Waals surface area contributed by atoms with Crippen LogP contribution in [0.1, 0.15) is 24.5 Å². The van der Waals surface area contributed by atoms with Gasteiger partial charge in [0.2, 0.25) is 0 Å². The number of carboxylic acid groups (broad SMARTS) is 1. The average Bonchev–Trinajstić information content (AvgIpc) is 2.57. The van der Waals surface area contributed by atoms with Gasteiger partial charge in [-0.15, -0.1) is 12.4 Å². The first-order valence-corrected chi connectivity index (χ1v) is 4.98. The van der Waals surface area contributed by atoms with Crippen molar-refractivity contribution in [2.45, 2.75) is 26.2 Å². The molecular weight excluding hydrogens is 212 g/mol. The van der Waals surface area contributed by atoms with E-state index in [1.165, 1.54) is 11.1 Å². The molecule has 0 aliphatic heterocycles. The molecule has 15 heavy (non-hydrogen) atoms. The topological polar surface area (TPSA) is 37.3 Å². The summed E-state index contributed by atoms with van der Waals surface area (Å²) in [7, 11) is 0. The fraction of sp³-hybridized carbons (Fsp3) is 0.417. The lowest BCUT2D eigenvalue weighted by atomic mass is 9.82. The summed E-state index contributed by atoms with van der Waals surface area (Å²) >= 11 is 0. The lowest BCUT2D eigenvalue weighted by molar-refractivity contribution is -0.148. The maximum absolute atomic E-state index is 11.2. The summed E-state index contributed by atoms with van der Waals surface area (Å²) in [4.78, 5) is 11.2. The van der Waals surface area contributed by atoms with Crippen LogP contribution in [0.2, 0.25) is 0 Å². The van der Waals surface area contributed by atoms with Gasteiger partial charge in [0.25, 0.3) is 0 Å². The molecule has 0 aromatic heterocycles. The zero-order valence-corrected chi connectivity index (χ0v) is 9.51. The molecule has 2 rings (SSSR count). The number of aliphatic carboxylic acids is 1. The molecule has 1 aromatic rings. The Kier molecular flexibility index (Phi) is 3.40. The summed E-state index contributed by atoms with van der Waals surface area (Å²) in [5.74, 6) is -0.656. The molecule has 0 heterocycles. The smallest absolute Gasteiger partial charge is 0.310 e. The van der Waals surface area contributed by atoms with Gasteiger partial charge >= 0.3 is 5.97 Å². The second-order valence-electron chi connectivity index (χ2n) is 4.06. The van der Waals surface area contributed by atoms with Gasteiger partial charge in [0, 0.05) is 0 Å². The predicted molar refractivity (Wildman–Crippen MR) is 61.5 cm³/mol. The lowest BCUT2D eigenvalue weighted by Crippen LogP contribution is -2.30. The van der Waals surface area contributed by atoms with E-state index >= 15 is 0 Å². The molecule has 0 atom stereocenters. The summed E-state index contributed by atoms with van der Waals surface area (Å²) < 4.78 is 0. The van der Waals surface area contributed by atoms with Crippen molar-refractivity contribution in [1.29, 1.82) is 0 Å². The number of hydrogen-bond acceptors (Lipinski definition) is 1. The van der Waals surface area contributed by atoms with Crippen molar-refractivity contribution in [3.05, 3.63) is 35.4 Å². The Bertz CT molecular complexity index is 349. The number of benzene rings is 1. The molecule has 1 aliphatic rings. The minimum atomic E-state index is -0.656. The van der Waals surface area contributed by atoms with Gasteiger partial charge in [-0.25, -0.2) is 0 Å². The van der Waals surface area contributed by atoms with Crippen LogP contribution in [0.25, 0.3) is 0 Å². The zero-order chi connectivity index (χ0) is 10.2. The molecule has 0 spiro atoms. The Labute approximate surface area is 95.7 Å². The molecule has 2 nitrogen and oxygen atoms in total. The third-order valence-corrected chi connectivity index (χ3v) is 3.31. The summed E-state index contributed by atoms with van der Waals surface area (Å²) in [6.45, 7) is 1.96. The van der Waals surface area contributed by atoms with Crippen molar-refractivity contribution in [2.24, 2.45) is 5.41 Å². The molecule has 0 saturated carbocycles. The van der Waals surface area contributed by atoms with Gasteiger partial charge in [-0.3, -0.25) is 4.79 Å². The first-order valence-electron chi connectivity index (χ1n) is 4.98. The highest BCUT2D eigenvalue weighted by atomic mass is 35.5. The maximum atomic E-state index is 11.2. The first-order chi connectivity index (χ1) is 6.68. The third kappa shape index (κ3) is 1.86. The van der Waals surface area contributed by atoms with Crippen LogP contribution in [-0.2, 0) is 17.6 Å². The van der Waals surface area contributed by atoms with Gasteiger partial charge in [-0.05, 0) is 30.4 Å². The number of hydrogen-bond donors (Lipinski definition) is 1. The van der Waals surface area contributed by atoms with Gasteiger partial charge in [0.1, 0.15) is 0 Å². The Morgan fingerprint density at radius 3 is 2.13 bits per heavy atom. The first kappa shape index (κ1) is 12.1. The Balaban J connectivity index is 0.00000112. The summed E-state index contributed by atoms with van der Waals surface area (Å²) in [5.41, 5.74) is 1.87. The van der Waals surface area contributed by atoms with E-state index < -0.39 is 11.4 Å². The normalized spacial score (nSPS) is 16.6. The number of halogens is 1. The van der Waals surface area contributed by atoms with E-state index in [1.54, 1.807) is 0 Å². The highest BCUT2D eigenvalue weighted by Crippen LogP contribution is 2.39. The molecule has 0 saturated heterocycles. The van der Waals surface area contributed by atoms with Crippen molar-refractivity contribution in [1.82, 2.24) is 0 Å². The summed E-state index contributed by atoms with van der Waals surface area (Å²) in [6.07, 6.45) is 2.08. The van der Waals surface area contributed by atoms with Gasteiger partial charge in [0.05, 0.1) is 5.41 Å². The van der Waals surface area contributed by atoms with Crippen molar-refractivity contribution in [2.75, 3.05) is 0 Å². The third-order valence-electron chi connectivity index (χ3n) is 3.31. The fourth-order valence-electron chi connectivity index (χ4n) is 2.25. The van der Waals surface area contributed by atoms with Crippen LogP contribution in [0.5, 0.6) is 0 Å². The number of carboxylic acids is 1. The number of carbonyl (C=O) groups is 1. The molecule has 0 amide bonds. The molecular formula is C12H15ClO2. The minimum absolute atomic E-state index is 0. The predicted octanol–water partition coefficient (Wildman–Crippen LogP) is 2.69. The van der Waals surface area contributed by atoms with E-state index in [-0.39, 0.29) is 12.4 Å². The average molecular weight is 227 g/mol. The van der Waals surface area contributed by atoms with Gasteiger partial charge in [0.15, 0.2) is 0 Å². The Morgan fingerprint density at radius 1 is 1.33 bits per heavy atom. The van der Waals surface area contributed by atoms with E-state index in [2.05, 4.69) is 0 Å². The highest BCUT2D eigenvalue weighted by molar-refractivity contribution is 5.85. The second-order valence-corrected chi connectivity index (χ2v) is 4.06. The SMILES string of the molecule is CCC1(C(=O)O)Cc2ccccc2C1.Cl. The fourth-order valence-corrected chi connectivity index (χ4v) is 2.25. The number of fused-ring (bicyclic) bond motifs is 1. The molecule has 3 heteroatoms. The zero-order valence-electron chi connectivity index (χ0n) is 8.69. The standard InChI is InChI=1S/C12H14O2.ClH/c1-2-12(11(13)14)7-9-5-3-4-6-10(9)8-12;/h3-6H,2,7-8H2,1H3,(H,13,14);1H. The van der Waals surface area contributed by atoms with Crippen molar-refractivity contribution in [3.8, 4) is 0 Å². The molecule has 1 N–H and O–H groups in total. The molecule has 0 unspecified atom stereocenters. The largest absolute Gasteiger partial charge is 0.481 e. The van der Waals surface area contributed by atoms with Crippen LogP contribution < -0.4 is 0 Å². The molecule has 0 bridgehead atoms. The van der Waals surface area contributed by atoms with Crippen LogP contribution in [0.3, 0.4) is 0 Å². The van der Waals surface area contributed by atoms with Crippen molar-refractivity contribution in [3.63, 3.8) is 0 Å². The monoisotopic (exact) mass is 226 g/mol. The van der Waals surface area contributed by atoms with E-state index in [0.717, 1.165) is 0 Å². The van der Waals surface area contributed by atoms with Crippen LogP contribution in [0.15, 0.2) is 24.3 Å². The molecule has 0 radical (unpaired) electrons. The van der Waals surface area contributed by atoms with Crippen LogP contribution in [0.4, 0.5) is 0 Å². The van der Waals surface area contributed by atoms with Crippen LogP contribution >= 0.6 is 12.4 Å². The molecule has 1 aliphatic carbocycles. The maximum Gasteiger partial charge on any atom is 0.310 e. The second kappa shape index (κ2) is 4.23. The van der Waals surface area contributed by atoms with E-state index in [0.29, 0.717) is 19.3 Å². The Morgan fingerprint density at radius 2 is 1.80 bits per heavy atom. The van der Waals surface area contributed by atoms with Crippen molar-refractivity contribution >= 4 is 18.4 Å². The molecule has 0 fully saturated rings.